The maximum Gasteiger partial charge on any atom is 0.317 e. The molecule has 5 fully saturated rings. The second-order valence-electron chi connectivity index (χ2n) is 11.7. The van der Waals surface area contributed by atoms with E-state index in [1.54, 1.807) is 0 Å². The lowest BCUT2D eigenvalue weighted by Gasteiger charge is -2.59. The van der Waals surface area contributed by atoms with Gasteiger partial charge in [0.1, 0.15) is 5.82 Å². The monoisotopic (exact) mass is 503 g/mol. The van der Waals surface area contributed by atoms with E-state index in [2.05, 4.69) is 20.9 Å². The summed E-state index contributed by atoms with van der Waals surface area (Å²) in [5.74, 6) is 2.81. The third-order valence-corrected chi connectivity index (χ3v) is 9.09. The van der Waals surface area contributed by atoms with Crippen LogP contribution in [0.3, 0.4) is 0 Å². The maximum atomic E-state index is 12.3. The quantitative estimate of drug-likeness (QED) is 0.454. The van der Waals surface area contributed by atoms with Gasteiger partial charge in [0.05, 0.1) is 0 Å². The molecule has 5 N–H and O–H groups in total. The number of hydrogen-bond donors (Lipinski definition) is 4. The van der Waals surface area contributed by atoms with Gasteiger partial charge < -0.3 is 26.6 Å². The van der Waals surface area contributed by atoms with Crippen LogP contribution in [0.25, 0.3) is 0 Å². The van der Waals surface area contributed by atoms with Gasteiger partial charge in [0.2, 0.25) is 11.9 Å². The Balaban J connectivity index is 1.12. The first kappa shape index (κ1) is 24.0. The number of nitrogens with zero attached hydrogens (tertiary/aromatic N) is 3. The van der Waals surface area contributed by atoms with Gasteiger partial charge in [0.25, 0.3) is 0 Å². The van der Waals surface area contributed by atoms with E-state index in [4.69, 9.17) is 10.7 Å². The van der Waals surface area contributed by atoms with Crippen LogP contribution in [-0.4, -0.2) is 45.9 Å². The van der Waals surface area contributed by atoms with E-state index in [0.29, 0.717) is 36.3 Å². The normalized spacial score (nSPS) is 29.8. The summed E-state index contributed by atoms with van der Waals surface area (Å²) in [6, 6.07) is 8.28. The van der Waals surface area contributed by atoms with Crippen LogP contribution in [0.15, 0.2) is 30.5 Å². The molecule has 0 radical (unpaired) electrons. The van der Waals surface area contributed by atoms with E-state index in [1.807, 2.05) is 42.3 Å². The van der Waals surface area contributed by atoms with Crippen LogP contribution in [0, 0.1) is 30.1 Å². The van der Waals surface area contributed by atoms with Crippen molar-refractivity contribution in [1.29, 1.82) is 0 Å². The van der Waals surface area contributed by atoms with E-state index >= 15 is 0 Å². The molecule has 2 aromatic rings. The molecule has 1 aromatic heterocycles. The summed E-state index contributed by atoms with van der Waals surface area (Å²) in [4.78, 5) is 35.8. The van der Waals surface area contributed by atoms with Gasteiger partial charge in [0.15, 0.2) is 0 Å². The highest BCUT2D eigenvalue weighted by atomic mass is 16.2. The van der Waals surface area contributed by atoms with Crippen molar-refractivity contribution in [3.05, 3.63) is 41.6 Å². The minimum Gasteiger partial charge on any atom is -0.369 e. The molecule has 7 rings (SSSR count). The standard InChI is InChI=1S/C28H37N7O2/c1-17-15-30-26(32-22-6-4-5-18(11-22)16-31-27(37)35-7-2-3-8-35)34-24(17)33-23-20-9-19-10-21(23)14-28(12-19,13-20)25(29)36/h4-6,11,15,19-21,23H,2-3,7-10,12-14,16H2,1H3,(H2,29,36)(H,31,37)(H2,30,32,33,34)/t19?,20?,21?,23-,28+. The molecular formula is C28H37N7O2. The summed E-state index contributed by atoms with van der Waals surface area (Å²) in [5, 5.41) is 10.1. The van der Waals surface area contributed by atoms with Crippen molar-refractivity contribution in [2.24, 2.45) is 28.9 Å². The summed E-state index contributed by atoms with van der Waals surface area (Å²) in [6.07, 6.45) is 9.10. The highest BCUT2D eigenvalue weighted by Crippen LogP contribution is 2.60. The molecule has 0 spiro atoms. The lowest BCUT2D eigenvalue weighted by molar-refractivity contribution is -0.143. The van der Waals surface area contributed by atoms with Gasteiger partial charge in [-0.2, -0.15) is 4.98 Å². The number of aromatic nitrogens is 2. The van der Waals surface area contributed by atoms with E-state index < -0.39 is 0 Å². The average molecular weight is 504 g/mol. The molecule has 4 saturated carbocycles. The summed E-state index contributed by atoms with van der Waals surface area (Å²) < 4.78 is 0. The topological polar surface area (TPSA) is 125 Å². The maximum absolute atomic E-state index is 12.3. The van der Waals surface area contributed by atoms with Crippen molar-refractivity contribution >= 4 is 29.4 Å². The van der Waals surface area contributed by atoms with Crippen LogP contribution in [0.4, 0.5) is 22.2 Å². The zero-order valence-electron chi connectivity index (χ0n) is 21.5. The molecule has 2 atom stereocenters. The smallest absolute Gasteiger partial charge is 0.317 e. The van der Waals surface area contributed by atoms with Crippen molar-refractivity contribution < 1.29 is 9.59 Å². The fraction of sp³-hybridized carbons (Fsp3) is 0.571. The molecule has 4 aliphatic carbocycles. The van der Waals surface area contributed by atoms with Crippen LogP contribution < -0.4 is 21.7 Å². The zero-order valence-corrected chi connectivity index (χ0v) is 21.5. The number of carbonyl (C=O) groups is 2. The molecule has 2 unspecified atom stereocenters. The number of nitrogens with two attached hydrogens (primary N) is 1. The number of urea groups is 1. The van der Waals surface area contributed by atoms with Gasteiger partial charge in [-0.05, 0) is 87.3 Å². The van der Waals surface area contributed by atoms with Crippen LogP contribution in [0.2, 0.25) is 0 Å². The molecule has 9 heteroatoms. The number of aryl methyl sites for hydroxylation is 1. The molecule has 1 saturated heterocycles. The highest BCUT2D eigenvalue weighted by Gasteiger charge is 2.57. The summed E-state index contributed by atoms with van der Waals surface area (Å²) in [6.45, 7) is 4.18. The second kappa shape index (κ2) is 9.50. The largest absolute Gasteiger partial charge is 0.369 e. The van der Waals surface area contributed by atoms with Crippen molar-refractivity contribution in [1.82, 2.24) is 20.2 Å². The predicted octanol–water partition coefficient (Wildman–Crippen LogP) is 3.93. The Hall–Kier alpha value is -3.36. The van der Waals surface area contributed by atoms with Crippen LogP contribution in [0.5, 0.6) is 0 Å². The van der Waals surface area contributed by atoms with Crippen molar-refractivity contribution in [2.75, 3.05) is 23.7 Å². The van der Waals surface area contributed by atoms with Crippen molar-refractivity contribution in [2.45, 2.75) is 64.5 Å². The molecule has 2 heterocycles. The lowest BCUT2D eigenvalue weighted by Crippen LogP contribution is -2.59. The van der Waals surface area contributed by atoms with Crippen molar-refractivity contribution in [3.8, 4) is 0 Å². The van der Waals surface area contributed by atoms with Gasteiger partial charge in [-0.25, -0.2) is 9.78 Å². The summed E-state index contributed by atoms with van der Waals surface area (Å²) >= 11 is 0. The number of anilines is 3. The second-order valence-corrected chi connectivity index (χ2v) is 11.7. The van der Waals surface area contributed by atoms with Crippen LogP contribution in [0.1, 0.15) is 56.1 Å². The average Bonchev–Trinajstić information content (AvgIpc) is 3.42. The zero-order chi connectivity index (χ0) is 25.6. The minimum atomic E-state index is -0.291. The molecule has 4 bridgehead atoms. The van der Waals surface area contributed by atoms with E-state index in [0.717, 1.165) is 67.8 Å². The first-order chi connectivity index (χ1) is 17.9. The molecule has 5 aliphatic rings. The first-order valence-corrected chi connectivity index (χ1v) is 13.7. The third kappa shape index (κ3) is 4.71. The van der Waals surface area contributed by atoms with E-state index in [1.165, 1.54) is 12.8 Å². The Morgan fingerprint density at radius 2 is 1.89 bits per heavy atom. The Morgan fingerprint density at radius 3 is 2.62 bits per heavy atom. The highest BCUT2D eigenvalue weighted by molar-refractivity contribution is 5.81. The molecule has 1 aliphatic heterocycles. The van der Waals surface area contributed by atoms with Gasteiger partial charge in [-0.1, -0.05) is 12.1 Å². The number of benzene rings is 1. The van der Waals surface area contributed by atoms with E-state index in [9.17, 15) is 9.59 Å². The van der Waals surface area contributed by atoms with Crippen LogP contribution >= 0.6 is 0 Å². The van der Waals surface area contributed by atoms with E-state index in [-0.39, 0.29) is 17.4 Å². The number of rotatable bonds is 7. The van der Waals surface area contributed by atoms with Gasteiger partial charge >= 0.3 is 6.03 Å². The van der Waals surface area contributed by atoms with Gasteiger partial charge in [-0.15, -0.1) is 0 Å². The lowest BCUT2D eigenvalue weighted by atomic mass is 9.47. The molecule has 1 aromatic carbocycles. The minimum absolute atomic E-state index is 0.0000198. The Labute approximate surface area is 218 Å². The van der Waals surface area contributed by atoms with Crippen LogP contribution in [-0.2, 0) is 11.3 Å². The molecular weight excluding hydrogens is 466 g/mol. The predicted molar refractivity (Wildman–Crippen MR) is 142 cm³/mol. The van der Waals surface area contributed by atoms with Gasteiger partial charge in [0, 0.05) is 48.5 Å². The number of carbonyl (C=O) groups excluding carboxylic acids is 2. The van der Waals surface area contributed by atoms with Crippen molar-refractivity contribution in [3.63, 3.8) is 0 Å². The first-order valence-electron chi connectivity index (χ1n) is 13.7. The SMILES string of the molecule is Cc1cnc(Nc2cccc(CNC(=O)N3CCCC3)c2)nc1N[C@H]1C2CC3CC1C[C@@](C(N)=O)(C3)C2. The number of primary amides is 1. The third-order valence-electron chi connectivity index (χ3n) is 9.09. The molecule has 37 heavy (non-hydrogen) atoms. The molecule has 9 nitrogen and oxygen atoms in total. The fourth-order valence-electron chi connectivity index (χ4n) is 7.47. The Morgan fingerprint density at radius 1 is 1.14 bits per heavy atom. The number of nitrogens with one attached hydrogen (secondary N) is 3. The summed E-state index contributed by atoms with van der Waals surface area (Å²) in [5.41, 5.74) is 8.47. The summed E-state index contributed by atoms with van der Waals surface area (Å²) in [7, 11) is 0. The number of likely N-dealkylation sites (tertiary alicyclic amines) is 1. The van der Waals surface area contributed by atoms with Gasteiger partial charge in [-0.3, -0.25) is 4.79 Å². The number of hydrogen-bond acceptors (Lipinski definition) is 6. The molecule has 196 valence electrons. The Bertz CT molecular complexity index is 1180. The fourth-order valence-corrected chi connectivity index (χ4v) is 7.47. The molecule has 3 amide bonds. The Kier molecular flexibility index (Phi) is 6.16. The number of amides is 3.